The number of halogens is 1. The quantitative estimate of drug-likeness (QED) is 0.660. The van der Waals surface area contributed by atoms with Crippen LogP contribution >= 0.6 is 22.9 Å². The minimum atomic E-state index is -0.0461. The summed E-state index contributed by atoms with van der Waals surface area (Å²) < 4.78 is 1.65. The Hall–Kier alpha value is -2.11. The van der Waals surface area contributed by atoms with Crippen LogP contribution in [0.15, 0.2) is 47.8 Å². The minimum Gasteiger partial charge on any atom is -0.338 e. The Morgan fingerprint density at radius 1 is 1.21 bits per heavy atom. The normalized spacial score (nSPS) is 10.8. The zero-order chi connectivity index (χ0) is 17.1. The summed E-state index contributed by atoms with van der Waals surface area (Å²) in [6.45, 7) is 5.24. The average molecular weight is 360 g/mol. The Kier molecular flexibility index (Phi) is 5.02. The van der Waals surface area contributed by atoms with E-state index in [1.165, 1.54) is 0 Å². The predicted octanol–water partition coefficient (Wildman–Crippen LogP) is 4.74. The van der Waals surface area contributed by atoms with Crippen LogP contribution in [0.2, 0.25) is 5.02 Å². The maximum absolute atomic E-state index is 12.9. The molecule has 3 rings (SSSR count). The maximum Gasteiger partial charge on any atom is 0.272 e. The van der Waals surface area contributed by atoms with E-state index in [1.54, 1.807) is 27.0 Å². The van der Waals surface area contributed by atoms with Crippen molar-refractivity contribution < 1.29 is 4.79 Å². The molecule has 124 valence electrons. The third kappa shape index (κ3) is 3.09. The Bertz CT molecular complexity index is 838. The Morgan fingerprint density at radius 3 is 2.58 bits per heavy atom. The number of nitrogens with zero attached hydrogens (tertiary/aromatic N) is 3. The zero-order valence-electron chi connectivity index (χ0n) is 13.6. The van der Waals surface area contributed by atoms with E-state index in [0.717, 1.165) is 10.6 Å². The molecule has 1 amide bonds. The molecule has 4 nitrogen and oxygen atoms in total. The summed E-state index contributed by atoms with van der Waals surface area (Å²) in [4.78, 5) is 15.7. The summed E-state index contributed by atoms with van der Waals surface area (Å²) >= 11 is 7.93. The number of thiophene rings is 1. The predicted molar refractivity (Wildman–Crippen MR) is 99.1 cm³/mol. The summed E-state index contributed by atoms with van der Waals surface area (Å²) in [6.07, 6.45) is 0. The van der Waals surface area contributed by atoms with Crippen molar-refractivity contribution in [2.45, 2.75) is 13.8 Å². The molecular formula is C18H18ClN3OS. The second-order valence-electron chi connectivity index (χ2n) is 5.23. The van der Waals surface area contributed by atoms with Gasteiger partial charge in [-0.2, -0.15) is 5.10 Å². The molecule has 0 spiro atoms. The Balaban J connectivity index is 2.16. The van der Waals surface area contributed by atoms with Gasteiger partial charge in [0.05, 0.1) is 15.6 Å². The van der Waals surface area contributed by atoms with Gasteiger partial charge >= 0.3 is 0 Å². The molecule has 0 fully saturated rings. The number of hydrogen-bond donors (Lipinski definition) is 0. The summed E-state index contributed by atoms with van der Waals surface area (Å²) in [5, 5.41) is 7.21. The van der Waals surface area contributed by atoms with Crippen molar-refractivity contribution >= 4 is 28.8 Å². The van der Waals surface area contributed by atoms with Gasteiger partial charge in [-0.1, -0.05) is 29.8 Å². The smallest absolute Gasteiger partial charge is 0.272 e. The lowest BCUT2D eigenvalue weighted by atomic mass is 10.2. The fourth-order valence-corrected chi connectivity index (χ4v) is 3.46. The molecule has 2 aromatic heterocycles. The highest BCUT2D eigenvalue weighted by molar-refractivity contribution is 7.13. The number of aromatic nitrogens is 2. The lowest BCUT2D eigenvalue weighted by Gasteiger charge is -2.19. The summed E-state index contributed by atoms with van der Waals surface area (Å²) in [7, 11) is 0. The minimum absolute atomic E-state index is 0.0461. The van der Waals surface area contributed by atoms with Crippen molar-refractivity contribution in [2.24, 2.45) is 0 Å². The summed E-state index contributed by atoms with van der Waals surface area (Å²) in [5.41, 5.74) is 2.01. The van der Waals surface area contributed by atoms with Crippen LogP contribution in [0.4, 0.5) is 0 Å². The van der Waals surface area contributed by atoms with Gasteiger partial charge in [-0.3, -0.25) is 4.79 Å². The third-order valence-corrected chi connectivity index (χ3v) is 5.05. The highest BCUT2D eigenvalue weighted by Crippen LogP contribution is 2.28. The van der Waals surface area contributed by atoms with E-state index in [1.807, 2.05) is 55.6 Å². The average Bonchev–Trinajstić information content (AvgIpc) is 3.26. The fraction of sp³-hybridized carbons (Fsp3) is 0.222. The molecule has 0 aliphatic carbocycles. The van der Waals surface area contributed by atoms with Crippen molar-refractivity contribution in [3.8, 4) is 16.3 Å². The largest absolute Gasteiger partial charge is 0.338 e. The molecule has 0 aliphatic heterocycles. The van der Waals surface area contributed by atoms with E-state index >= 15 is 0 Å². The van der Waals surface area contributed by atoms with E-state index in [2.05, 4.69) is 5.10 Å². The molecule has 6 heteroatoms. The van der Waals surface area contributed by atoms with E-state index in [0.29, 0.717) is 29.5 Å². The van der Waals surface area contributed by atoms with Crippen molar-refractivity contribution in [2.75, 3.05) is 13.1 Å². The topological polar surface area (TPSA) is 38.1 Å². The van der Waals surface area contributed by atoms with Gasteiger partial charge in [-0.25, -0.2) is 4.68 Å². The van der Waals surface area contributed by atoms with Crippen molar-refractivity contribution in [3.63, 3.8) is 0 Å². The van der Waals surface area contributed by atoms with Crippen molar-refractivity contribution in [1.82, 2.24) is 14.7 Å². The van der Waals surface area contributed by atoms with Gasteiger partial charge in [0, 0.05) is 13.1 Å². The van der Waals surface area contributed by atoms with Gasteiger partial charge in [0.15, 0.2) is 0 Å². The van der Waals surface area contributed by atoms with Gasteiger partial charge in [0.1, 0.15) is 11.4 Å². The first-order valence-electron chi connectivity index (χ1n) is 7.83. The monoisotopic (exact) mass is 359 g/mol. The molecule has 0 aliphatic rings. The van der Waals surface area contributed by atoms with E-state index in [-0.39, 0.29) is 5.91 Å². The zero-order valence-corrected chi connectivity index (χ0v) is 15.1. The van der Waals surface area contributed by atoms with Crippen LogP contribution in [0.5, 0.6) is 0 Å². The molecule has 3 aromatic rings. The second kappa shape index (κ2) is 7.20. The van der Waals surface area contributed by atoms with Crippen LogP contribution in [0, 0.1) is 0 Å². The lowest BCUT2D eigenvalue weighted by molar-refractivity contribution is 0.0764. The van der Waals surface area contributed by atoms with Crippen LogP contribution in [0.3, 0.4) is 0 Å². The highest BCUT2D eigenvalue weighted by atomic mass is 35.5. The number of carbonyl (C=O) groups is 1. The lowest BCUT2D eigenvalue weighted by Crippen LogP contribution is -2.32. The first-order valence-corrected chi connectivity index (χ1v) is 9.09. The summed E-state index contributed by atoms with van der Waals surface area (Å²) in [5.74, 6) is -0.0461. The Labute approximate surface area is 150 Å². The first kappa shape index (κ1) is 16.7. The van der Waals surface area contributed by atoms with Crippen LogP contribution in [0.25, 0.3) is 16.3 Å². The number of amides is 1. The molecule has 1 aromatic carbocycles. The van der Waals surface area contributed by atoms with Crippen LogP contribution in [0.1, 0.15) is 24.3 Å². The number of hydrogen-bond acceptors (Lipinski definition) is 3. The molecule has 0 atom stereocenters. The highest BCUT2D eigenvalue weighted by Gasteiger charge is 2.22. The van der Waals surface area contributed by atoms with Crippen molar-refractivity contribution in [1.29, 1.82) is 0 Å². The van der Waals surface area contributed by atoms with Crippen LogP contribution < -0.4 is 0 Å². The van der Waals surface area contributed by atoms with Gasteiger partial charge in [-0.15, -0.1) is 11.3 Å². The van der Waals surface area contributed by atoms with Gasteiger partial charge in [-0.05, 0) is 43.5 Å². The standard InChI is InChI=1S/C18H18ClN3OS/c1-3-21(4-2)18(23)16-12-14(17-10-7-11-24-17)20-22(16)15-9-6-5-8-13(15)19/h5-12H,3-4H2,1-2H3. The number of benzene rings is 1. The summed E-state index contributed by atoms with van der Waals surface area (Å²) in [6, 6.07) is 13.2. The molecule has 0 N–H and O–H groups in total. The van der Waals surface area contributed by atoms with Crippen LogP contribution in [-0.2, 0) is 0 Å². The first-order chi connectivity index (χ1) is 11.7. The SMILES string of the molecule is CCN(CC)C(=O)c1cc(-c2cccs2)nn1-c1ccccc1Cl. The third-order valence-electron chi connectivity index (χ3n) is 3.83. The molecule has 24 heavy (non-hydrogen) atoms. The molecule has 0 saturated carbocycles. The molecule has 0 saturated heterocycles. The van der Waals surface area contributed by atoms with E-state index in [9.17, 15) is 4.79 Å². The number of para-hydroxylation sites is 1. The van der Waals surface area contributed by atoms with E-state index in [4.69, 9.17) is 11.6 Å². The molecule has 2 heterocycles. The fourth-order valence-electron chi connectivity index (χ4n) is 2.56. The van der Waals surface area contributed by atoms with E-state index < -0.39 is 0 Å². The molecule has 0 radical (unpaired) electrons. The van der Waals surface area contributed by atoms with Crippen molar-refractivity contribution in [3.05, 3.63) is 58.6 Å². The Morgan fingerprint density at radius 2 is 1.96 bits per heavy atom. The number of carbonyl (C=O) groups excluding carboxylic acids is 1. The van der Waals surface area contributed by atoms with Gasteiger partial charge in [0.25, 0.3) is 5.91 Å². The molecule has 0 bridgehead atoms. The maximum atomic E-state index is 12.9. The van der Waals surface area contributed by atoms with Crippen LogP contribution in [-0.4, -0.2) is 33.7 Å². The number of rotatable bonds is 5. The van der Waals surface area contributed by atoms with Gasteiger partial charge < -0.3 is 4.90 Å². The van der Waals surface area contributed by atoms with Gasteiger partial charge in [0.2, 0.25) is 0 Å². The second-order valence-corrected chi connectivity index (χ2v) is 6.59. The molecular weight excluding hydrogens is 342 g/mol. The molecule has 0 unspecified atom stereocenters.